The Morgan fingerprint density at radius 2 is 1.76 bits per heavy atom. The molecule has 6 nitrogen and oxygen atoms in total. The van der Waals surface area contributed by atoms with Gasteiger partial charge in [-0.2, -0.15) is 0 Å². The molecule has 0 unspecified atom stereocenters. The van der Waals surface area contributed by atoms with E-state index >= 15 is 0 Å². The molecule has 106 valence electrons. The molecular formula is C15H10O6. The Hall–Kier alpha value is -3.15. The lowest BCUT2D eigenvalue weighted by Gasteiger charge is -2.07. The Kier molecular flexibility index (Phi) is 2.06. The monoisotopic (exact) mass is 289 g/mol. The van der Waals surface area contributed by atoms with E-state index in [9.17, 15) is 20.1 Å². The molecule has 0 saturated carbocycles. The highest BCUT2D eigenvalue weighted by Crippen LogP contribution is 2.35. The number of phenolic OH excluding ortho intramolecular Hbond substituents is 3. The molecule has 21 heavy (non-hydrogen) atoms. The van der Waals surface area contributed by atoms with Crippen LogP contribution in [0.2, 0.25) is 0 Å². The molecule has 2 aromatic carbocycles. The Morgan fingerprint density at radius 1 is 1.05 bits per heavy atom. The molecule has 1 heterocycles. The number of hydrogen-bond acceptors (Lipinski definition) is 6. The van der Waals surface area contributed by atoms with Gasteiger partial charge in [-0.15, -0.1) is 0 Å². The third kappa shape index (κ3) is 2.02. The summed E-state index contributed by atoms with van der Waals surface area (Å²) in [6.07, 6.45) is 0. The number of fused-ring (bicyclic) bond motifs is 1. The molecule has 0 aliphatic carbocycles. The van der Waals surface area contributed by atoms with E-state index in [1.807, 2.05) is 0 Å². The standard InChI is InChI=1S/C15H10O6/c16-8-3-1-7(2-4-8)15-14(20)13(19)12-10(18)5-9(17)6-11(12)21-15/h1-6,16-18,20H/i5D,6D/hD. The average Bonchev–Trinajstić information content (AvgIpc) is 2.58. The highest BCUT2D eigenvalue weighted by molar-refractivity contribution is 5.88. The minimum absolute atomic E-state index is 0.0365. The van der Waals surface area contributed by atoms with E-state index in [1.54, 1.807) is 0 Å². The highest BCUT2D eigenvalue weighted by Gasteiger charge is 2.18. The van der Waals surface area contributed by atoms with Crippen LogP contribution in [-0.4, -0.2) is 21.9 Å². The van der Waals surface area contributed by atoms with Crippen LogP contribution < -0.4 is 5.43 Å². The minimum Gasteiger partial charge on any atom is -0.508 e. The molecule has 0 aliphatic heterocycles. The third-order valence-electron chi connectivity index (χ3n) is 2.91. The maximum Gasteiger partial charge on any atom is 0.293 e. The van der Waals surface area contributed by atoms with Gasteiger partial charge in [0.2, 0.25) is 11.2 Å². The zero-order valence-corrected chi connectivity index (χ0v) is 10.4. The van der Waals surface area contributed by atoms with Crippen molar-refractivity contribution in [2.24, 2.45) is 0 Å². The first-order chi connectivity index (χ1) is 11.4. The van der Waals surface area contributed by atoms with Crippen molar-refractivity contribution in [1.29, 1.82) is 1.43 Å². The summed E-state index contributed by atoms with van der Waals surface area (Å²) in [6, 6.07) is 3.97. The minimum atomic E-state index is -0.964. The van der Waals surface area contributed by atoms with E-state index < -0.39 is 45.7 Å². The van der Waals surface area contributed by atoms with E-state index in [0.717, 1.165) is 0 Å². The number of aromatic hydroxyl groups is 4. The van der Waals surface area contributed by atoms with Crippen molar-refractivity contribution < 1.29 is 27.6 Å². The Balaban J connectivity index is 2.48. The molecule has 0 saturated heterocycles. The lowest BCUT2D eigenvalue weighted by Crippen LogP contribution is -2.02. The van der Waals surface area contributed by atoms with Gasteiger partial charge < -0.3 is 24.8 Å². The van der Waals surface area contributed by atoms with Crippen LogP contribution >= 0.6 is 0 Å². The van der Waals surface area contributed by atoms with Crippen molar-refractivity contribution in [1.82, 2.24) is 0 Å². The fourth-order valence-electron chi connectivity index (χ4n) is 1.94. The summed E-state index contributed by atoms with van der Waals surface area (Å²) in [4.78, 5) is 12.5. The maximum absolute atomic E-state index is 12.5. The van der Waals surface area contributed by atoms with Crippen LogP contribution in [0.1, 0.15) is 2.74 Å². The third-order valence-corrected chi connectivity index (χ3v) is 2.91. The van der Waals surface area contributed by atoms with E-state index in [2.05, 4.69) is 5.11 Å². The van der Waals surface area contributed by atoms with Gasteiger partial charge in [0.05, 0.1) is 2.74 Å². The van der Waals surface area contributed by atoms with E-state index in [4.69, 9.17) is 8.59 Å². The van der Waals surface area contributed by atoms with Crippen LogP contribution in [0.15, 0.2) is 45.6 Å². The molecular weight excluding hydrogens is 276 g/mol. The van der Waals surface area contributed by atoms with Crippen molar-refractivity contribution >= 4 is 11.0 Å². The normalized spacial score (nSPS) is 12.7. The first kappa shape index (κ1) is 9.71. The van der Waals surface area contributed by atoms with Crippen LogP contribution in [0.5, 0.6) is 23.0 Å². The molecule has 0 aliphatic rings. The second kappa shape index (κ2) is 4.45. The fourth-order valence-corrected chi connectivity index (χ4v) is 1.94. The van der Waals surface area contributed by atoms with Gasteiger partial charge >= 0.3 is 0 Å². The van der Waals surface area contributed by atoms with E-state index in [1.165, 1.54) is 24.3 Å². The summed E-state index contributed by atoms with van der Waals surface area (Å²) in [5, 5.41) is 32.7. The maximum atomic E-state index is 12.5. The van der Waals surface area contributed by atoms with Gasteiger partial charge in [0, 0.05) is 17.6 Å². The zero-order chi connectivity index (χ0) is 17.6. The second-order valence-electron chi connectivity index (χ2n) is 4.29. The topological polar surface area (TPSA) is 111 Å². The molecule has 3 rings (SSSR count). The van der Waals surface area contributed by atoms with Crippen LogP contribution in [0.3, 0.4) is 0 Å². The summed E-state index contributed by atoms with van der Waals surface area (Å²) in [6.45, 7) is 0. The predicted molar refractivity (Wildman–Crippen MR) is 74.6 cm³/mol. The summed E-state index contributed by atoms with van der Waals surface area (Å²) in [5.41, 5.74) is -1.15. The molecule has 0 bridgehead atoms. The first-order valence-electron chi connectivity index (χ1n) is 7.22. The molecule has 0 spiro atoms. The van der Waals surface area contributed by atoms with Crippen molar-refractivity contribution in [3.63, 3.8) is 0 Å². The van der Waals surface area contributed by atoms with Gasteiger partial charge in [-0.3, -0.25) is 4.79 Å². The summed E-state index contributed by atoms with van der Waals surface area (Å²) >= 11 is 0. The SMILES string of the molecule is [2H]Oc1c(-c2ccc(O)cc2)oc2c([2H])c(O)c([2H])c(O)c2c1=O. The summed E-state index contributed by atoms with van der Waals surface area (Å²) < 4.78 is 27.8. The molecule has 0 fully saturated rings. The summed E-state index contributed by atoms with van der Waals surface area (Å²) in [7, 11) is 0. The largest absolute Gasteiger partial charge is 0.508 e. The van der Waals surface area contributed by atoms with Crippen molar-refractivity contribution in [3.8, 4) is 34.3 Å². The van der Waals surface area contributed by atoms with Gasteiger partial charge in [-0.05, 0) is 24.3 Å². The highest BCUT2D eigenvalue weighted by atomic mass is 16.4. The van der Waals surface area contributed by atoms with Crippen molar-refractivity contribution in [3.05, 3.63) is 46.6 Å². The van der Waals surface area contributed by atoms with Gasteiger partial charge in [-0.1, -0.05) is 0 Å². The smallest absolute Gasteiger partial charge is 0.293 e. The number of hydrogen-bond donors (Lipinski definition) is 4. The Morgan fingerprint density at radius 3 is 2.43 bits per heavy atom. The van der Waals surface area contributed by atoms with E-state index in [0.29, 0.717) is 0 Å². The second-order valence-corrected chi connectivity index (χ2v) is 4.29. The molecule has 0 amide bonds. The first-order valence-corrected chi connectivity index (χ1v) is 5.81. The van der Waals surface area contributed by atoms with Gasteiger partial charge in [0.1, 0.15) is 28.2 Å². The summed E-state index contributed by atoms with van der Waals surface area (Å²) in [5.74, 6) is -2.53. The van der Waals surface area contributed by atoms with Crippen LogP contribution in [0.4, 0.5) is 0 Å². The Labute approximate surface area is 122 Å². The van der Waals surface area contributed by atoms with Crippen LogP contribution in [0.25, 0.3) is 22.3 Å². The number of rotatable bonds is 2. The lowest BCUT2D eigenvalue weighted by molar-refractivity contribution is 0.438. The van der Waals surface area contributed by atoms with Crippen molar-refractivity contribution in [2.45, 2.75) is 0 Å². The average molecular weight is 289 g/mol. The van der Waals surface area contributed by atoms with Gasteiger partial charge in [0.25, 0.3) is 1.43 Å². The zero-order valence-electron chi connectivity index (χ0n) is 13.4. The molecule has 4 N–H and O–H groups in total. The van der Waals surface area contributed by atoms with Crippen LogP contribution in [0, 0.1) is 0 Å². The van der Waals surface area contributed by atoms with Gasteiger partial charge in [-0.25, -0.2) is 0 Å². The molecule has 0 radical (unpaired) electrons. The quantitative estimate of drug-likeness (QED) is 0.576. The van der Waals surface area contributed by atoms with Crippen LogP contribution in [-0.2, 0) is 0 Å². The van der Waals surface area contributed by atoms with E-state index in [-0.39, 0.29) is 17.1 Å². The molecule has 6 heteroatoms. The lowest BCUT2D eigenvalue weighted by atomic mass is 10.1. The fraction of sp³-hybridized carbons (Fsp3) is 0. The molecule has 0 atom stereocenters. The molecule has 1 aromatic heterocycles. The number of benzene rings is 2. The van der Waals surface area contributed by atoms with Crippen molar-refractivity contribution in [2.75, 3.05) is 0 Å². The number of phenols is 3. The van der Waals surface area contributed by atoms with Gasteiger partial charge in [0.15, 0.2) is 5.76 Å². The molecule has 3 aromatic rings. The predicted octanol–water partition coefficient (Wildman–Crippen LogP) is 2.28. The Bertz CT molecular complexity index is 1010.